The number of unbranched alkanes of at least 4 members (excludes halogenated alkanes) is 2. The van der Waals surface area contributed by atoms with Crippen molar-refractivity contribution in [3.63, 3.8) is 0 Å². The van der Waals surface area contributed by atoms with Crippen molar-refractivity contribution in [2.75, 3.05) is 26.9 Å². The summed E-state index contributed by atoms with van der Waals surface area (Å²) in [5.41, 5.74) is 4.95. The molecular formula is C50H56FN3O10. The van der Waals surface area contributed by atoms with Crippen LogP contribution in [-0.2, 0) is 16.1 Å². The van der Waals surface area contributed by atoms with Gasteiger partial charge in [0, 0.05) is 49.8 Å². The molecule has 0 aromatic heterocycles. The number of fused-ring (bicyclic) bond motifs is 2. The van der Waals surface area contributed by atoms with Gasteiger partial charge in [-0.05, 0) is 128 Å². The van der Waals surface area contributed by atoms with Gasteiger partial charge < -0.3 is 34.0 Å². The zero-order valence-electron chi connectivity index (χ0n) is 36.5. The highest BCUT2D eigenvalue weighted by molar-refractivity contribution is 6.03. The predicted octanol–water partition coefficient (Wildman–Crippen LogP) is 10.1. The normalized spacial score (nSPS) is 22.6. The number of carbonyl (C=O) groups is 1. The van der Waals surface area contributed by atoms with E-state index in [1.165, 1.54) is 48.4 Å². The van der Waals surface area contributed by atoms with Crippen LogP contribution in [0.2, 0.25) is 0 Å². The quantitative estimate of drug-likeness (QED) is 0.0401. The summed E-state index contributed by atoms with van der Waals surface area (Å²) in [7, 11) is 1.47. The fourth-order valence-electron chi connectivity index (χ4n) is 9.62. The van der Waals surface area contributed by atoms with E-state index in [-0.39, 0.29) is 62.0 Å². The Labute approximate surface area is 372 Å². The van der Waals surface area contributed by atoms with Gasteiger partial charge in [-0.3, -0.25) is 15.0 Å². The summed E-state index contributed by atoms with van der Waals surface area (Å²) in [6.07, 6.45) is 7.39. The molecule has 1 fully saturated rings. The molecule has 1 heterocycles. The zero-order chi connectivity index (χ0) is 45.4. The molecule has 13 nitrogen and oxygen atoms in total. The fourth-order valence-corrected chi connectivity index (χ4v) is 9.62. The molecule has 3 aliphatic rings. The van der Waals surface area contributed by atoms with Crippen LogP contribution in [0, 0.1) is 47.5 Å². The predicted molar refractivity (Wildman–Crippen MR) is 239 cm³/mol. The maximum atomic E-state index is 14.9. The van der Waals surface area contributed by atoms with Gasteiger partial charge in [-0.25, -0.2) is 9.18 Å². The van der Waals surface area contributed by atoms with E-state index in [2.05, 4.69) is 17.8 Å². The second-order valence-electron chi connectivity index (χ2n) is 16.7. The average Bonchev–Trinajstić information content (AvgIpc) is 3.28. The van der Waals surface area contributed by atoms with E-state index in [1.807, 2.05) is 50.2 Å². The third-order valence-corrected chi connectivity index (χ3v) is 12.7. The molecule has 1 aliphatic heterocycles. The first-order chi connectivity index (χ1) is 31.0. The number of nitrogens with zero attached hydrogens (tertiary/aromatic N) is 3. The van der Waals surface area contributed by atoms with E-state index in [4.69, 9.17) is 23.8 Å². The summed E-state index contributed by atoms with van der Waals surface area (Å²) in [4.78, 5) is 32.9. The molecule has 1 saturated carbocycles. The summed E-state index contributed by atoms with van der Waals surface area (Å²) in [5.74, 6) is -1.13. The number of allylic oxidation sites excluding steroid dienone is 1. The van der Waals surface area contributed by atoms with Crippen LogP contribution in [0.4, 0.5) is 14.9 Å². The van der Waals surface area contributed by atoms with Gasteiger partial charge in [0.1, 0.15) is 42.0 Å². The number of aliphatic hydroxyl groups is 2. The number of non-ortho nitro benzene ring substituents is 1. The lowest BCUT2D eigenvalue weighted by atomic mass is 9.55. The molecule has 0 bridgehead atoms. The highest BCUT2D eigenvalue weighted by atomic mass is 19.1. The smallest absolute Gasteiger partial charge is 0.416 e. The first-order valence-corrected chi connectivity index (χ1v) is 21.8. The molecule has 14 heteroatoms. The van der Waals surface area contributed by atoms with Gasteiger partial charge in [0.2, 0.25) is 5.79 Å². The lowest BCUT2D eigenvalue weighted by Gasteiger charge is -2.59. The number of aliphatic hydroxyl groups excluding tert-OH is 2. The lowest BCUT2D eigenvalue weighted by Crippen LogP contribution is -2.70. The first-order valence-electron chi connectivity index (χ1n) is 21.8. The largest absolute Gasteiger partial charge is 0.459 e. The lowest BCUT2D eigenvalue weighted by molar-refractivity contribution is -0.384. The van der Waals surface area contributed by atoms with Crippen LogP contribution in [0.15, 0.2) is 114 Å². The molecule has 7 rings (SSSR count). The van der Waals surface area contributed by atoms with Gasteiger partial charge in [-0.1, -0.05) is 48.3 Å². The number of hydrogen-bond donors (Lipinski definition) is 2. The highest BCUT2D eigenvalue weighted by Gasteiger charge is 2.65. The van der Waals surface area contributed by atoms with Crippen molar-refractivity contribution in [3.05, 3.63) is 147 Å². The third-order valence-electron chi connectivity index (χ3n) is 12.7. The SMILES string of the molecule is C=CCO[C@@]12Oc3ccc(Oc4ccc(C)c(C)c4)cc3[C@H]3[C@H](CCCCO)[C@@H](CCCCO)C=C(C(=NOC)C[C@@H]1N(Cc1ccc(F)cc1)C(=O)Oc1ccc([N+](=O)[O-])cc1)[C@H]32. The van der Waals surface area contributed by atoms with Gasteiger partial charge >= 0.3 is 6.09 Å². The van der Waals surface area contributed by atoms with Crippen molar-refractivity contribution >= 4 is 17.5 Å². The van der Waals surface area contributed by atoms with Crippen LogP contribution in [-0.4, -0.2) is 70.6 Å². The average molecular weight is 878 g/mol. The van der Waals surface area contributed by atoms with Crippen molar-refractivity contribution in [2.45, 2.75) is 83.1 Å². The molecule has 2 N–H and O–H groups in total. The van der Waals surface area contributed by atoms with Gasteiger partial charge in [0.25, 0.3) is 5.69 Å². The monoisotopic (exact) mass is 877 g/mol. The van der Waals surface area contributed by atoms with Crippen molar-refractivity contribution in [3.8, 4) is 23.0 Å². The van der Waals surface area contributed by atoms with Crippen molar-refractivity contribution in [1.82, 2.24) is 4.90 Å². The number of ether oxygens (including phenoxy) is 4. The maximum absolute atomic E-state index is 14.9. The van der Waals surface area contributed by atoms with Crippen LogP contribution in [0.3, 0.4) is 0 Å². The maximum Gasteiger partial charge on any atom is 0.416 e. The Morgan fingerprint density at radius 3 is 2.31 bits per heavy atom. The number of amides is 1. The summed E-state index contributed by atoms with van der Waals surface area (Å²) >= 11 is 0. The van der Waals surface area contributed by atoms with Crippen molar-refractivity contribution < 1.29 is 48.1 Å². The standard InChI is InChI=1S/C50H56FN3O10/c1-5-26-61-50-46(53(31-34-13-15-36(51)16-14-34)49(57)63-38-20-17-37(18-21-38)54(58)59)30-44(52-60-4)42-28-35(10-6-8-24-55)41(11-7-9-25-56)47(48(42)50)43-29-40(22-23-45(43)64-50)62-39-19-12-32(2)33(3)27-39/h5,12-23,27-29,35,41,46-48,55-56H,1,6-11,24-26,30-31H2,2-4H3/t35-,41+,46-,47+,48+,50+/m0/s1. The van der Waals surface area contributed by atoms with E-state index in [1.54, 1.807) is 18.2 Å². The Hall–Kier alpha value is -6.09. The molecule has 64 heavy (non-hydrogen) atoms. The number of nitro benzene ring substituents is 1. The minimum Gasteiger partial charge on any atom is -0.459 e. The van der Waals surface area contributed by atoms with Crippen LogP contribution in [0.25, 0.3) is 0 Å². The number of aryl methyl sites for hydroxylation is 2. The Bertz CT molecular complexity index is 2350. The second kappa shape index (κ2) is 20.6. The highest BCUT2D eigenvalue weighted by Crippen LogP contribution is 2.62. The molecule has 4 aromatic rings. The minimum absolute atomic E-state index is 0.00916. The summed E-state index contributed by atoms with van der Waals surface area (Å²) in [6, 6.07) is 21.8. The first kappa shape index (κ1) is 45.9. The number of oxime groups is 1. The van der Waals surface area contributed by atoms with Gasteiger partial charge in [-0.2, -0.15) is 0 Å². The van der Waals surface area contributed by atoms with Crippen molar-refractivity contribution in [2.24, 2.45) is 22.9 Å². The number of halogens is 1. The van der Waals surface area contributed by atoms with Gasteiger partial charge in [0.15, 0.2) is 0 Å². The molecular weight excluding hydrogens is 822 g/mol. The summed E-state index contributed by atoms with van der Waals surface area (Å²) in [5, 5.41) is 35.9. The number of nitro groups is 1. The molecule has 338 valence electrons. The van der Waals surface area contributed by atoms with E-state index in [0.29, 0.717) is 41.4 Å². The molecule has 4 aromatic carbocycles. The van der Waals surface area contributed by atoms with E-state index in [0.717, 1.165) is 47.9 Å². The van der Waals surface area contributed by atoms with Gasteiger partial charge in [-0.15, -0.1) is 6.58 Å². The summed E-state index contributed by atoms with van der Waals surface area (Å²) in [6.45, 7) is 8.14. The Morgan fingerprint density at radius 2 is 1.64 bits per heavy atom. The Kier molecular flexibility index (Phi) is 14.8. The van der Waals surface area contributed by atoms with Crippen LogP contribution in [0.5, 0.6) is 23.0 Å². The van der Waals surface area contributed by atoms with Gasteiger partial charge in [0.05, 0.1) is 23.2 Å². The number of carbonyl (C=O) groups excluding carboxylic acids is 1. The molecule has 0 unspecified atom stereocenters. The van der Waals surface area contributed by atoms with Crippen LogP contribution >= 0.6 is 0 Å². The molecule has 0 saturated heterocycles. The minimum atomic E-state index is -1.61. The van der Waals surface area contributed by atoms with E-state index >= 15 is 0 Å². The zero-order valence-corrected chi connectivity index (χ0v) is 36.5. The number of hydrogen-bond acceptors (Lipinski definition) is 11. The number of rotatable bonds is 19. The van der Waals surface area contributed by atoms with E-state index in [9.17, 15) is 29.5 Å². The van der Waals surface area contributed by atoms with Crippen molar-refractivity contribution in [1.29, 1.82) is 0 Å². The Morgan fingerprint density at radius 1 is 0.953 bits per heavy atom. The molecule has 0 radical (unpaired) electrons. The molecule has 1 amide bonds. The topological polar surface area (TPSA) is 162 Å². The molecule has 6 atom stereocenters. The summed E-state index contributed by atoms with van der Waals surface area (Å²) < 4.78 is 41.2. The number of benzene rings is 4. The molecule has 2 aliphatic carbocycles. The second-order valence-corrected chi connectivity index (χ2v) is 16.7. The third kappa shape index (κ3) is 9.84. The fraction of sp³-hybridized carbons (Fsp3) is 0.400. The van der Waals surface area contributed by atoms with Crippen LogP contribution < -0.4 is 14.2 Å². The Balaban J connectivity index is 1.44. The van der Waals surface area contributed by atoms with Crippen LogP contribution in [0.1, 0.15) is 73.1 Å². The molecule has 0 spiro atoms. The van der Waals surface area contributed by atoms with E-state index < -0.39 is 34.6 Å².